The number of hydroxylamine groups is 1. The van der Waals surface area contributed by atoms with E-state index in [2.05, 4.69) is 34.9 Å². The van der Waals surface area contributed by atoms with Crippen LogP contribution in [0.1, 0.15) is 11.1 Å². The second kappa shape index (κ2) is 6.35. The first-order valence-electron chi connectivity index (χ1n) is 6.91. The summed E-state index contributed by atoms with van der Waals surface area (Å²) in [5.41, 5.74) is 7.82. The molecule has 0 fully saturated rings. The fourth-order valence-electron chi connectivity index (χ4n) is 2.34. The van der Waals surface area contributed by atoms with Gasteiger partial charge in [-0.25, -0.2) is 0 Å². The highest BCUT2D eigenvalue weighted by atomic mass is 16.5. The van der Waals surface area contributed by atoms with Crippen LogP contribution in [0.25, 0.3) is 0 Å². The van der Waals surface area contributed by atoms with Crippen LogP contribution in [0.3, 0.4) is 0 Å². The summed E-state index contributed by atoms with van der Waals surface area (Å²) in [6, 6.07) is 20.2. The predicted octanol–water partition coefficient (Wildman–Crippen LogP) is 1.63. The van der Waals surface area contributed by atoms with E-state index in [4.69, 9.17) is 0 Å². The van der Waals surface area contributed by atoms with Gasteiger partial charge in [-0.3, -0.25) is 0 Å². The smallest absolute Gasteiger partial charge is 0.128 e. The molecule has 1 radical (unpaired) electrons. The molecule has 2 aromatic rings. The first-order valence-corrected chi connectivity index (χ1v) is 6.91. The molecule has 1 unspecified atom stereocenters. The lowest BCUT2D eigenvalue weighted by Crippen LogP contribution is -3.06. The van der Waals surface area contributed by atoms with E-state index >= 15 is 0 Å². The molecule has 1 aliphatic heterocycles. The maximum absolute atomic E-state index is 11.5. The van der Waals surface area contributed by atoms with Crippen molar-refractivity contribution in [3.63, 3.8) is 0 Å². The highest BCUT2D eigenvalue weighted by Crippen LogP contribution is 2.13. The van der Waals surface area contributed by atoms with E-state index in [1.165, 1.54) is 11.1 Å². The Labute approximate surface area is 124 Å². The zero-order chi connectivity index (χ0) is 14.5. The molecule has 1 heterocycles. The molecule has 3 rings (SSSR count). The van der Waals surface area contributed by atoms with E-state index in [-0.39, 0.29) is 5.17 Å². The molecular weight excluding hydrogens is 262 g/mol. The van der Waals surface area contributed by atoms with Crippen molar-refractivity contribution in [3.8, 4) is 0 Å². The van der Waals surface area contributed by atoms with Crippen LogP contribution in [0.5, 0.6) is 0 Å². The third-order valence-electron chi connectivity index (χ3n) is 3.39. The topological polar surface area (TPSA) is 54.0 Å². The number of nitrogens with one attached hydrogen (secondary N) is 1. The zero-order valence-electron chi connectivity index (χ0n) is 11.6. The Morgan fingerprint density at radius 2 is 1.38 bits per heavy atom. The second-order valence-electron chi connectivity index (χ2n) is 4.98. The van der Waals surface area contributed by atoms with Gasteiger partial charge in [0, 0.05) is 23.9 Å². The lowest BCUT2D eigenvalue weighted by Gasteiger charge is -2.20. The molecule has 0 bridgehead atoms. The van der Waals surface area contributed by atoms with Crippen LogP contribution in [-0.2, 0) is 12.8 Å². The summed E-state index contributed by atoms with van der Waals surface area (Å²) in [5, 5.41) is 15.3. The van der Waals surface area contributed by atoms with E-state index < -0.39 is 0 Å². The summed E-state index contributed by atoms with van der Waals surface area (Å²) in [4.78, 5) is 0. The fourth-order valence-corrected chi connectivity index (χ4v) is 2.34. The zero-order valence-corrected chi connectivity index (χ0v) is 11.6. The molecule has 0 aromatic heterocycles. The number of hydrogen-bond donors (Lipinski definition) is 1. The quantitative estimate of drug-likeness (QED) is 0.849. The van der Waals surface area contributed by atoms with Crippen LogP contribution in [-0.4, -0.2) is 5.71 Å². The number of allylic oxidation sites excluding steroid dienone is 1. The summed E-state index contributed by atoms with van der Waals surface area (Å²) >= 11 is 0. The fraction of sp³-hybridized carbons (Fsp3) is 0.118. The van der Waals surface area contributed by atoms with Crippen molar-refractivity contribution in [2.45, 2.75) is 12.8 Å². The monoisotopic (exact) mass is 278 g/mol. The van der Waals surface area contributed by atoms with Gasteiger partial charge in [-0.2, -0.15) is 5.17 Å². The van der Waals surface area contributed by atoms with Crippen LogP contribution >= 0.6 is 0 Å². The lowest BCUT2D eigenvalue weighted by atomic mass is 9.97. The molecule has 1 atom stereocenters. The van der Waals surface area contributed by atoms with Crippen LogP contribution in [0.15, 0.2) is 77.5 Å². The number of nitrogens with zero attached hydrogens (tertiary/aromatic N) is 2. The molecule has 0 aliphatic carbocycles. The summed E-state index contributed by atoms with van der Waals surface area (Å²) in [6.45, 7) is 0. The second-order valence-corrected chi connectivity index (χ2v) is 4.98. The minimum Gasteiger partial charge on any atom is -0.600 e. The third kappa shape index (κ3) is 3.56. The summed E-state index contributed by atoms with van der Waals surface area (Å²) < 4.78 is 0. The number of benzene rings is 2. The van der Waals surface area contributed by atoms with Gasteiger partial charge in [0.2, 0.25) is 0 Å². The minimum absolute atomic E-state index is 0.280. The molecule has 4 nitrogen and oxygen atoms in total. The molecule has 1 N–H and O–H groups in total. The van der Waals surface area contributed by atoms with Crippen molar-refractivity contribution >= 4 is 5.71 Å². The van der Waals surface area contributed by atoms with E-state index in [0.29, 0.717) is 12.8 Å². The average Bonchev–Trinajstić information content (AvgIpc) is 2.52. The van der Waals surface area contributed by atoms with Crippen molar-refractivity contribution in [1.82, 2.24) is 5.53 Å². The van der Waals surface area contributed by atoms with Gasteiger partial charge in [0.05, 0.1) is 5.71 Å². The van der Waals surface area contributed by atoms with Crippen LogP contribution in [0.2, 0.25) is 0 Å². The first kappa shape index (κ1) is 13.5. The molecule has 1 aliphatic rings. The molecule has 105 valence electrons. The Balaban J connectivity index is 1.80. The third-order valence-corrected chi connectivity index (χ3v) is 3.39. The van der Waals surface area contributed by atoms with Gasteiger partial charge in [0.25, 0.3) is 0 Å². The molecule has 0 saturated carbocycles. The Hall–Kier alpha value is -2.43. The van der Waals surface area contributed by atoms with Gasteiger partial charge in [-0.05, 0) is 11.1 Å². The Morgan fingerprint density at radius 3 is 2.00 bits per heavy atom. The van der Waals surface area contributed by atoms with Gasteiger partial charge in [-0.1, -0.05) is 60.7 Å². The average molecular weight is 278 g/mol. The predicted molar refractivity (Wildman–Crippen MR) is 82.3 cm³/mol. The maximum Gasteiger partial charge on any atom is 0.128 e. The molecule has 2 aromatic carbocycles. The Morgan fingerprint density at radius 1 is 0.810 bits per heavy atom. The Kier molecular flexibility index (Phi) is 4.09. The summed E-state index contributed by atoms with van der Waals surface area (Å²) in [5.74, 6) is 0. The van der Waals surface area contributed by atoms with Crippen molar-refractivity contribution in [3.05, 3.63) is 88.8 Å². The van der Waals surface area contributed by atoms with Crippen LogP contribution < -0.4 is 10.7 Å². The molecule has 0 saturated heterocycles. The highest BCUT2D eigenvalue weighted by molar-refractivity contribution is 6.01. The number of hydrogen-bond acceptors (Lipinski definition) is 2. The van der Waals surface area contributed by atoms with Crippen molar-refractivity contribution < 1.29 is 5.17 Å². The largest absolute Gasteiger partial charge is 0.600 e. The molecule has 0 spiro atoms. The normalized spacial score (nSPS) is 17.7. The van der Waals surface area contributed by atoms with E-state index in [1.807, 2.05) is 36.4 Å². The SMILES string of the molecule is [O-][NH+]1C=C(Cc2ccccc2)C(Cc2ccccc2)=N[N]1. The number of rotatable bonds is 4. The van der Waals surface area contributed by atoms with Gasteiger partial charge in [-0.15, -0.1) is 5.10 Å². The summed E-state index contributed by atoms with van der Waals surface area (Å²) in [6.07, 6.45) is 2.99. The van der Waals surface area contributed by atoms with Crippen LogP contribution in [0.4, 0.5) is 0 Å². The van der Waals surface area contributed by atoms with Crippen molar-refractivity contribution in [2.75, 3.05) is 0 Å². The molecular formula is C17H16N3O. The van der Waals surface area contributed by atoms with Crippen LogP contribution in [0, 0.1) is 5.21 Å². The van der Waals surface area contributed by atoms with Gasteiger partial charge in [0.15, 0.2) is 0 Å². The molecule has 4 heteroatoms. The molecule has 21 heavy (non-hydrogen) atoms. The van der Waals surface area contributed by atoms with E-state index in [0.717, 1.165) is 11.3 Å². The van der Waals surface area contributed by atoms with Gasteiger partial charge >= 0.3 is 0 Å². The van der Waals surface area contributed by atoms with Crippen molar-refractivity contribution in [1.29, 1.82) is 0 Å². The lowest BCUT2D eigenvalue weighted by molar-refractivity contribution is -0.849. The van der Waals surface area contributed by atoms with Crippen molar-refractivity contribution in [2.24, 2.45) is 5.10 Å². The standard InChI is InChI=1S/C17H16N3O/c21-20-13-16(11-14-7-3-1-4-8-14)17(18-19-20)12-15-9-5-2-6-10-15/h1-10,13,20H,11-12H2. The maximum atomic E-state index is 11.5. The minimum atomic E-state index is -0.280. The highest BCUT2D eigenvalue weighted by Gasteiger charge is 2.17. The molecule has 0 amide bonds. The van der Waals surface area contributed by atoms with E-state index in [9.17, 15) is 5.21 Å². The Bertz CT molecular complexity index is 650. The van der Waals surface area contributed by atoms with Gasteiger partial charge < -0.3 is 5.21 Å². The number of quaternary nitrogens is 1. The summed E-state index contributed by atoms with van der Waals surface area (Å²) in [7, 11) is 0. The van der Waals surface area contributed by atoms with Gasteiger partial charge in [0.1, 0.15) is 6.20 Å². The first-order chi connectivity index (χ1) is 10.3. The van der Waals surface area contributed by atoms with E-state index in [1.54, 1.807) is 6.20 Å².